The molecule has 0 spiro atoms. The lowest BCUT2D eigenvalue weighted by Crippen LogP contribution is -2.22. The van der Waals surface area contributed by atoms with E-state index in [1.807, 2.05) is 67.6 Å². The molecular weight excluding hydrogens is 328 g/mol. The van der Waals surface area contributed by atoms with Gasteiger partial charge >= 0.3 is 0 Å². The van der Waals surface area contributed by atoms with Crippen LogP contribution in [0.1, 0.15) is 23.9 Å². The number of fused-ring (bicyclic) bond motifs is 3. The van der Waals surface area contributed by atoms with Crippen molar-refractivity contribution in [3.63, 3.8) is 0 Å². The first-order valence-electron chi connectivity index (χ1n) is 8.66. The summed E-state index contributed by atoms with van der Waals surface area (Å²) in [6.45, 7) is 6.78. The summed E-state index contributed by atoms with van der Waals surface area (Å²) >= 11 is 0. The van der Waals surface area contributed by atoms with Gasteiger partial charge in [-0.1, -0.05) is 30.3 Å². The summed E-state index contributed by atoms with van der Waals surface area (Å²) in [4.78, 5) is 12.7. The fourth-order valence-electron chi connectivity index (χ4n) is 3.36. The van der Waals surface area contributed by atoms with Crippen LogP contribution in [-0.4, -0.2) is 19.2 Å². The number of nitrogens with zero attached hydrogens (tertiary/aromatic N) is 4. The van der Waals surface area contributed by atoms with Crippen molar-refractivity contribution in [2.45, 2.75) is 33.9 Å². The molecule has 2 aromatic carbocycles. The van der Waals surface area contributed by atoms with Crippen molar-refractivity contribution in [1.82, 2.24) is 19.2 Å². The monoisotopic (exact) mass is 348 g/mol. The maximum atomic E-state index is 12.7. The summed E-state index contributed by atoms with van der Waals surface area (Å²) in [6, 6.07) is 13.6. The van der Waals surface area contributed by atoms with Crippen molar-refractivity contribution in [3.05, 3.63) is 69.8 Å². The quantitative estimate of drug-likeness (QED) is 0.568. The maximum Gasteiger partial charge on any atom is 0.262 e. The Kier molecular flexibility index (Phi) is 3.95. The molecular formula is C20H20N4O2. The van der Waals surface area contributed by atoms with Crippen LogP contribution in [0.3, 0.4) is 0 Å². The molecule has 0 radical (unpaired) electrons. The summed E-state index contributed by atoms with van der Waals surface area (Å²) in [6.07, 6.45) is 0. The van der Waals surface area contributed by atoms with Crippen molar-refractivity contribution in [3.8, 4) is 5.75 Å². The Morgan fingerprint density at radius 3 is 2.46 bits per heavy atom. The SMILES string of the molecule is CCn1c(=O)c2ccccc2n2c(COc3c(C)cccc3C)nnc12. The number of ether oxygens (including phenoxy) is 1. The number of rotatable bonds is 4. The fraction of sp³-hybridized carbons (Fsp3) is 0.250. The van der Waals surface area contributed by atoms with Gasteiger partial charge in [0, 0.05) is 6.54 Å². The summed E-state index contributed by atoms with van der Waals surface area (Å²) in [5.41, 5.74) is 2.90. The second-order valence-corrected chi connectivity index (χ2v) is 6.33. The highest BCUT2D eigenvalue weighted by Crippen LogP contribution is 2.24. The molecule has 6 heteroatoms. The van der Waals surface area contributed by atoms with Gasteiger partial charge in [-0.3, -0.25) is 13.8 Å². The third-order valence-electron chi connectivity index (χ3n) is 4.65. The molecule has 0 amide bonds. The second kappa shape index (κ2) is 6.29. The van der Waals surface area contributed by atoms with Gasteiger partial charge in [0.15, 0.2) is 5.82 Å². The Hall–Kier alpha value is -3.15. The molecule has 0 fully saturated rings. The number of hydrogen-bond acceptors (Lipinski definition) is 4. The Labute approximate surface area is 150 Å². The van der Waals surface area contributed by atoms with E-state index in [-0.39, 0.29) is 12.2 Å². The van der Waals surface area contributed by atoms with Crippen molar-refractivity contribution in [2.75, 3.05) is 0 Å². The molecule has 0 saturated carbocycles. The van der Waals surface area contributed by atoms with Crippen LogP contribution in [0.4, 0.5) is 0 Å². The van der Waals surface area contributed by atoms with Crippen LogP contribution in [-0.2, 0) is 13.2 Å². The van der Waals surface area contributed by atoms with Crippen molar-refractivity contribution < 1.29 is 4.74 Å². The number of aromatic nitrogens is 4. The minimum absolute atomic E-state index is 0.0507. The van der Waals surface area contributed by atoms with E-state index in [4.69, 9.17) is 4.74 Å². The third-order valence-corrected chi connectivity index (χ3v) is 4.65. The van der Waals surface area contributed by atoms with E-state index in [0.29, 0.717) is 23.5 Å². The normalized spacial score (nSPS) is 11.3. The van der Waals surface area contributed by atoms with E-state index in [1.165, 1.54) is 0 Å². The van der Waals surface area contributed by atoms with E-state index >= 15 is 0 Å². The number of para-hydroxylation sites is 2. The van der Waals surface area contributed by atoms with Gasteiger partial charge in [0.25, 0.3) is 5.56 Å². The Morgan fingerprint density at radius 2 is 1.73 bits per heavy atom. The molecule has 0 bridgehead atoms. The minimum Gasteiger partial charge on any atom is -0.485 e. The van der Waals surface area contributed by atoms with Gasteiger partial charge < -0.3 is 4.74 Å². The molecule has 0 saturated heterocycles. The van der Waals surface area contributed by atoms with Crippen LogP contribution in [0.2, 0.25) is 0 Å². The second-order valence-electron chi connectivity index (χ2n) is 6.33. The Balaban J connectivity index is 1.87. The van der Waals surface area contributed by atoms with Crippen molar-refractivity contribution >= 4 is 16.7 Å². The topological polar surface area (TPSA) is 61.4 Å². The molecule has 4 aromatic rings. The lowest BCUT2D eigenvalue weighted by molar-refractivity contribution is 0.291. The molecule has 0 aliphatic rings. The molecule has 0 aliphatic heterocycles. The van der Waals surface area contributed by atoms with Crippen molar-refractivity contribution in [2.24, 2.45) is 0 Å². The smallest absolute Gasteiger partial charge is 0.262 e. The molecule has 0 unspecified atom stereocenters. The highest BCUT2D eigenvalue weighted by molar-refractivity contribution is 5.80. The van der Waals surface area contributed by atoms with E-state index in [9.17, 15) is 4.79 Å². The highest BCUT2D eigenvalue weighted by Gasteiger charge is 2.16. The summed E-state index contributed by atoms with van der Waals surface area (Å²) < 4.78 is 9.61. The van der Waals surface area contributed by atoms with Crippen molar-refractivity contribution in [1.29, 1.82) is 0 Å². The zero-order valence-electron chi connectivity index (χ0n) is 15.1. The molecule has 0 N–H and O–H groups in total. The average Bonchev–Trinajstić information content (AvgIpc) is 3.06. The molecule has 4 rings (SSSR count). The Bertz CT molecular complexity index is 1150. The lowest BCUT2D eigenvalue weighted by atomic mass is 10.1. The predicted molar refractivity (Wildman–Crippen MR) is 101 cm³/mol. The highest BCUT2D eigenvalue weighted by atomic mass is 16.5. The van der Waals surface area contributed by atoms with Gasteiger partial charge in [-0.25, -0.2) is 0 Å². The molecule has 132 valence electrons. The van der Waals surface area contributed by atoms with Gasteiger partial charge in [-0.2, -0.15) is 0 Å². The van der Waals surface area contributed by atoms with Crippen LogP contribution in [0.5, 0.6) is 5.75 Å². The van der Waals surface area contributed by atoms with E-state index < -0.39 is 0 Å². The molecule has 2 heterocycles. The Morgan fingerprint density at radius 1 is 1.00 bits per heavy atom. The van der Waals surface area contributed by atoms with Crippen LogP contribution in [0, 0.1) is 13.8 Å². The van der Waals surface area contributed by atoms with E-state index in [0.717, 1.165) is 22.4 Å². The number of aryl methyl sites for hydroxylation is 3. The first-order chi connectivity index (χ1) is 12.6. The lowest BCUT2D eigenvalue weighted by Gasteiger charge is -2.12. The zero-order chi connectivity index (χ0) is 18.3. The van der Waals surface area contributed by atoms with Gasteiger partial charge in [-0.05, 0) is 44.0 Å². The third kappa shape index (κ3) is 2.45. The molecule has 2 aromatic heterocycles. The number of hydrogen-bond donors (Lipinski definition) is 0. The number of benzene rings is 2. The minimum atomic E-state index is -0.0507. The summed E-state index contributed by atoms with van der Waals surface area (Å²) in [5, 5.41) is 9.20. The van der Waals surface area contributed by atoms with E-state index in [1.54, 1.807) is 4.57 Å². The largest absolute Gasteiger partial charge is 0.485 e. The van der Waals surface area contributed by atoms with Gasteiger partial charge in [-0.15, -0.1) is 10.2 Å². The van der Waals surface area contributed by atoms with Crippen LogP contribution < -0.4 is 10.3 Å². The van der Waals surface area contributed by atoms with Gasteiger partial charge in [0.1, 0.15) is 12.4 Å². The van der Waals surface area contributed by atoms with Gasteiger partial charge in [0.2, 0.25) is 5.78 Å². The molecule has 0 atom stereocenters. The molecule has 6 nitrogen and oxygen atoms in total. The predicted octanol–water partition coefficient (Wildman–Crippen LogP) is 3.26. The maximum absolute atomic E-state index is 12.7. The van der Waals surface area contributed by atoms with Crippen LogP contribution >= 0.6 is 0 Å². The molecule has 0 aliphatic carbocycles. The molecule has 26 heavy (non-hydrogen) atoms. The van der Waals surface area contributed by atoms with Gasteiger partial charge in [0.05, 0.1) is 10.9 Å². The van der Waals surface area contributed by atoms with Crippen LogP contribution in [0.15, 0.2) is 47.3 Å². The standard InChI is InChI=1S/C20H20N4O2/c1-4-23-19(25)15-10-5-6-11-16(15)24-17(21-22-20(23)24)12-26-18-13(2)8-7-9-14(18)3/h5-11H,4,12H2,1-3H3. The summed E-state index contributed by atoms with van der Waals surface area (Å²) in [7, 11) is 0. The van der Waals surface area contributed by atoms with Crippen LogP contribution in [0.25, 0.3) is 16.7 Å². The first kappa shape index (κ1) is 16.3. The first-order valence-corrected chi connectivity index (χ1v) is 8.66. The summed E-state index contributed by atoms with van der Waals surface area (Å²) in [5.74, 6) is 2.06. The fourth-order valence-corrected chi connectivity index (χ4v) is 3.36. The average molecular weight is 348 g/mol. The zero-order valence-corrected chi connectivity index (χ0v) is 15.1. The van der Waals surface area contributed by atoms with E-state index in [2.05, 4.69) is 10.2 Å².